The van der Waals surface area contributed by atoms with E-state index in [1.165, 1.54) is 0 Å². The molecule has 0 amide bonds. The monoisotopic (exact) mass is 302 g/mol. The number of aromatic amines is 1. The molecule has 0 spiro atoms. The van der Waals surface area contributed by atoms with Gasteiger partial charge in [-0.1, -0.05) is 0 Å². The van der Waals surface area contributed by atoms with E-state index < -0.39 is 32.6 Å². The Morgan fingerprint density at radius 1 is 1.47 bits per heavy atom. The Balaban J connectivity index is 3.64. The lowest BCUT2D eigenvalue weighted by Gasteiger charge is -2.06. The van der Waals surface area contributed by atoms with Crippen LogP contribution in [0.5, 0.6) is 0 Å². The number of nitrogens with one attached hydrogen (secondary N) is 1. The maximum Gasteiger partial charge on any atom is 0.266 e. The first-order chi connectivity index (χ1) is 6.73. The van der Waals surface area contributed by atoms with Crippen LogP contribution in [-0.2, 0) is 10.0 Å². The minimum atomic E-state index is -4.37. The third kappa shape index (κ3) is 2.61. The van der Waals surface area contributed by atoms with Gasteiger partial charge < -0.3 is 4.98 Å². The second-order valence-corrected chi connectivity index (χ2v) is 4.93. The molecule has 0 saturated heterocycles. The van der Waals surface area contributed by atoms with Gasteiger partial charge in [-0.05, 0) is 22.0 Å². The summed E-state index contributed by atoms with van der Waals surface area (Å²) in [4.78, 5) is 12.8. The first-order valence-electron chi connectivity index (χ1n) is 3.47. The maximum absolute atomic E-state index is 12.4. The van der Waals surface area contributed by atoms with Crippen molar-refractivity contribution in [1.82, 2.24) is 4.98 Å². The van der Waals surface area contributed by atoms with Crippen molar-refractivity contribution in [2.75, 3.05) is 0 Å². The van der Waals surface area contributed by atoms with E-state index in [1.54, 1.807) is 4.98 Å². The van der Waals surface area contributed by atoms with Crippen molar-refractivity contribution >= 4 is 26.0 Å². The average Bonchev–Trinajstić information content (AvgIpc) is 2.06. The van der Waals surface area contributed by atoms with Crippen molar-refractivity contribution in [2.24, 2.45) is 5.14 Å². The first-order valence-corrected chi connectivity index (χ1v) is 5.81. The van der Waals surface area contributed by atoms with E-state index in [1.807, 2.05) is 0 Å². The molecule has 84 valence electrons. The number of nitrogens with two attached hydrogens (primary N) is 1. The van der Waals surface area contributed by atoms with Crippen molar-refractivity contribution in [2.45, 2.75) is 11.5 Å². The number of hydrogen-bond donors (Lipinski definition) is 2. The van der Waals surface area contributed by atoms with Gasteiger partial charge in [0.05, 0.1) is 10.0 Å². The van der Waals surface area contributed by atoms with Gasteiger partial charge in [0.25, 0.3) is 22.0 Å². The number of rotatable bonds is 2. The van der Waals surface area contributed by atoms with E-state index in [0.717, 1.165) is 6.07 Å². The maximum atomic E-state index is 12.4. The molecule has 1 aromatic heterocycles. The quantitative estimate of drug-likeness (QED) is 0.843. The number of sulfonamides is 1. The summed E-state index contributed by atoms with van der Waals surface area (Å²) in [5.74, 6) is 0. The third-order valence-corrected chi connectivity index (χ3v) is 3.00. The average molecular weight is 303 g/mol. The normalized spacial score (nSPS) is 12.1. The van der Waals surface area contributed by atoms with Crippen LogP contribution in [0.2, 0.25) is 0 Å². The Kier molecular flexibility index (Phi) is 3.26. The van der Waals surface area contributed by atoms with Crippen molar-refractivity contribution in [3.8, 4) is 0 Å². The number of halogens is 3. The molecule has 0 unspecified atom stereocenters. The molecule has 1 aromatic rings. The van der Waals surface area contributed by atoms with Gasteiger partial charge >= 0.3 is 0 Å². The summed E-state index contributed by atoms with van der Waals surface area (Å²) in [6, 6.07) is 0.725. The third-order valence-electron chi connectivity index (χ3n) is 1.51. The van der Waals surface area contributed by atoms with Crippen molar-refractivity contribution < 1.29 is 17.2 Å². The lowest BCUT2D eigenvalue weighted by atomic mass is 10.3. The molecule has 15 heavy (non-hydrogen) atoms. The fourth-order valence-electron chi connectivity index (χ4n) is 0.900. The highest BCUT2D eigenvalue weighted by Crippen LogP contribution is 2.24. The van der Waals surface area contributed by atoms with E-state index in [9.17, 15) is 22.0 Å². The zero-order chi connectivity index (χ0) is 11.8. The Hall–Kier alpha value is -0.800. The SMILES string of the molecule is NS(=O)(=O)c1[nH]c(=O)c(Br)cc1C(F)F. The highest BCUT2D eigenvalue weighted by atomic mass is 79.9. The van der Waals surface area contributed by atoms with E-state index >= 15 is 0 Å². The second-order valence-electron chi connectivity index (χ2n) is 2.58. The molecule has 0 aliphatic heterocycles. The number of hydrogen-bond acceptors (Lipinski definition) is 3. The van der Waals surface area contributed by atoms with Gasteiger partial charge in [-0.15, -0.1) is 0 Å². The van der Waals surface area contributed by atoms with E-state index in [0.29, 0.717) is 0 Å². The van der Waals surface area contributed by atoms with Gasteiger partial charge in [0, 0.05) is 0 Å². The Labute approximate surface area is 91.5 Å². The first kappa shape index (κ1) is 12.3. The molecule has 3 N–H and O–H groups in total. The summed E-state index contributed by atoms with van der Waals surface area (Å²) in [5.41, 5.74) is -1.69. The standard InChI is InChI=1S/C6H5BrF2N2O3S/c7-3-1-2(4(8)9)6(11-5(3)12)15(10,13)14/h1,4H,(H,11,12)(H2,10,13,14). The van der Waals surface area contributed by atoms with Gasteiger partial charge in [0.15, 0.2) is 5.03 Å². The summed E-state index contributed by atoms with van der Waals surface area (Å²) >= 11 is 2.70. The number of alkyl halides is 2. The largest absolute Gasteiger partial charge is 0.310 e. The van der Waals surface area contributed by atoms with Crippen LogP contribution in [-0.4, -0.2) is 13.4 Å². The van der Waals surface area contributed by atoms with Crippen LogP contribution < -0.4 is 10.7 Å². The molecule has 0 radical (unpaired) electrons. The number of primary sulfonamides is 1. The zero-order valence-corrected chi connectivity index (χ0v) is 9.40. The summed E-state index contributed by atoms with van der Waals surface area (Å²) < 4.78 is 46.4. The Bertz CT molecular complexity index is 540. The number of H-pyrrole nitrogens is 1. The lowest BCUT2D eigenvalue weighted by Crippen LogP contribution is -2.22. The van der Waals surface area contributed by atoms with Crippen LogP contribution in [0.1, 0.15) is 12.0 Å². The molecule has 9 heteroatoms. The molecular weight excluding hydrogens is 298 g/mol. The predicted molar refractivity (Wildman–Crippen MR) is 51.1 cm³/mol. The molecule has 1 rings (SSSR count). The smallest absolute Gasteiger partial charge is 0.266 e. The van der Waals surface area contributed by atoms with Gasteiger partial charge in [-0.25, -0.2) is 22.3 Å². The van der Waals surface area contributed by atoms with Crippen LogP contribution in [0.3, 0.4) is 0 Å². The van der Waals surface area contributed by atoms with Crippen LogP contribution in [0.15, 0.2) is 20.4 Å². The summed E-state index contributed by atoms with van der Waals surface area (Å²) in [7, 11) is -4.37. The molecule has 0 atom stereocenters. The summed E-state index contributed by atoms with van der Waals surface area (Å²) in [6.45, 7) is 0. The molecule has 0 saturated carbocycles. The molecule has 0 aliphatic carbocycles. The van der Waals surface area contributed by atoms with Crippen molar-refractivity contribution in [3.63, 3.8) is 0 Å². The molecule has 0 fully saturated rings. The highest BCUT2D eigenvalue weighted by Gasteiger charge is 2.22. The van der Waals surface area contributed by atoms with Crippen LogP contribution in [0.25, 0.3) is 0 Å². The molecular formula is C6H5BrF2N2O3S. The molecule has 0 aromatic carbocycles. The topological polar surface area (TPSA) is 93.0 Å². The van der Waals surface area contributed by atoms with Gasteiger partial charge in [-0.3, -0.25) is 4.79 Å². The number of aromatic nitrogens is 1. The molecule has 1 heterocycles. The summed E-state index contributed by atoms with van der Waals surface area (Å²) in [5, 5.41) is 3.70. The predicted octanol–water partition coefficient (Wildman–Crippen LogP) is 0.722. The van der Waals surface area contributed by atoms with Gasteiger partial charge in [0.2, 0.25) is 0 Å². The zero-order valence-electron chi connectivity index (χ0n) is 7.00. The minimum Gasteiger partial charge on any atom is -0.310 e. The number of pyridine rings is 1. The van der Waals surface area contributed by atoms with Gasteiger partial charge in [-0.2, -0.15) is 0 Å². The lowest BCUT2D eigenvalue weighted by molar-refractivity contribution is 0.147. The fourth-order valence-corrected chi connectivity index (χ4v) is 1.96. The fraction of sp³-hybridized carbons (Fsp3) is 0.167. The second kappa shape index (κ2) is 3.99. The molecule has 0 aliphatic rings. The molecule has 0 bridgehead atoms. The molecule has 5 nitrogen and oxygen atoms in total. The van der Waals surface area contributed by atoms with Gasteiger partial charge in [0.1, 0.15) is 0 Å². The Morgan fingerprint density at radius 3 is 2.40 bits per heavy atom. The van der Waals surface area contributed by atoms with Crippen molar-refractivity contribution in [3.05, 3.63) is 26.5 Å². The van der Waals surface area contributed by atoms with Crippen LogP contribution in [0, 0.1) is 0 Å². The van der Waals surface area contributed by atoms with Crippen LogP contribution >= 0.6 is 15.9 Å². The van der Waals surface area contributed by atoms with Crippen LogP contribution in [0.4, 0.5) is 8.78 Å². The Morgan fingerprint density at radius 2 is 2.00 bits per heavy atom. The summed E-state index contributed by atoms with van der Waals surface area (Å²) in [6.07, 6.45) is -3.05. The minimum absolute atomic E-state index is 0.190. The highest BCUT2D eigenvalue weighted by molar-refractivity contribution is 9.10. The van der Waals surface area contributed by atoms with E-state index in [-0.39, 0.29) is 4.47 Å². The van der Waals surface area contributed by atoms with Crippen molar-refractivity contribution in [1.29, 1.82) is 0 Å². The van der Waals surface area contributed by atoms with E-state index in [4.69, 9.17) is 0 Å². The van der Waals surface area contributed by atoms with E-state index in [2.05, 4.69) is 21.1 Å².